The van der Waals surface area contributed by atoms with Gasteiger partial charge < -0.3 is 9.84 Å². The first-order valence-electron chi connectivity index (χ1n) is 10.6. The summed E-state index contributed by atoms with van der Waals surface area (Å²) in [7, 11) is 2.62. The third-order valence-corrected chi connectivity index (χ3v) is 7.85. The molecule has 0 aliphatic carbocycles. The van der Waals surface area contributed by atoms with Crippen LogP contribution < -0.4 is 4.74 Å². The Kier molecular flexibility index (Phi) is 9.38. The molecule has 184 valence electrons. The summed E-state index contributed by atoms with van der Waals surface area (Å²) in [6.45, 7) is 6.13. The van der Waals surface area contributed by atoms with E-state index in [2.05, 4.69) is 18.9 Å². The van der Waals surface area contributed by atoms with Crippen molar-refractivity contribution in [3.8, 4) is 33.3 Å². The molecule has 0 amide bonds. The Balaban J connectivity index is 0.00000167. The summed E-state index contributed by atoms with van der Waals surface area (Å²) in [4.78, 5) is 17.1. The maximum Gasteiger partial charge on any atom is 0.212 e. The van der Waals surface area contributed by atoms with Crippen LogP contribution in [0.5, 0.6) is 5.75 Å². The zero-order chi connectivity index (χ0) is 25.7. The van der Waals surface area contributed by atoms with Gasteiger partial charge >= 0.3 is 0 Å². The van der Waals surface area contributed by atoms with Gasteiger partial charge in [0.25, 0.3) is 0 Å². The zero-order valence-corrected chi connectivity index (χ0v) is 23.0. The van der Waals surface area contributed by atoms with Gasteiger partial charge in [0, 0.05) is 23.5 Å². The van der Waals surface area contributed by atoms with E-state index in [-0.39, 0.29) is 0 Å². The van der Waals surface area contributed by atoms with Gasteiger partial charge in [-0.2, -0.15) is 5.10 Å². The van der Waals surface area contributed by atoms with Crippen molar-refractivity contribution in [3.63, 3.8) is 0 Å². The van der Waals surface area contributed by atoms with E-state index in [4.69, 9.17) is 38.0 Å². The molecular formula is C25H25Cl2N3O3S2. The minimum absolute atomic E-state index is 0.345. The lowest BCUT2D eigenvalue weighted by Crippen LogP contribution is -2.01. The van der Waals surface area contributed by atoms with E-state index in [1.54, 1.807) is 29.6 Å². The number of nitrogens with zero attached hydrogens (tertiary/aromatic N) is 3. The van der Waals surface area contributed by atoms with Gasteiger partial charge in [-0.15, -0.1) is 11.8 Å². The summed E-state index contributed by atoms with van der Waals surface area (Å²) in [5.74, 6) is 0.711. The van der Waals surface area contributed by atoms with Crippen LogP contribution in [-0.4, -0.2) is 45.6 Å². The second-order valence-corrected chi connectivity index (χ2v) is 11.2. The van der Waals surface area contributed by atoms with Crippen LogP contribution in [-0.2, 0) is 0 Å². The van der Waals surface area contributed by atoms with Crippen molar-refractivity contribution in [2.75, 3.05) is 14.2 Å². The highest BCUT2D eigenvalue weighted by Crippen LogP contribution is 2.41. The monoisotopic (exact) mass is 549 g/mol. The third kappa shape index (κ3) is 5.90. The molecule has 0 fully saturated rings. The number of rotatable bonds is 7. The average Bonchev–Trinajstić information content (AvgIpc) is 3.42. The van der Waals surface area contributed by atoms with E-state index in [1.165, 1.54) is 11.3 Å². The number of hydrogen-bond acceptors (Lipinski definition) is 7. The molecule has 6 nitrogen and oxygen atoms in total. The van der Waals surface area contributed by atoms with Crippen LogP contribution in [0.2, 0.25) is 10.0 Å². The van der Waals surface area contributed by atoms with E-state index in [0.29, 0.717) is 31.9 Å². The largest absolute Gasteiger partial charge is 0.497 e. The van der Waals surface area contributed by atoms with Crippen LogP contribution >= 0.6 is 46.3 Å². The first-order chi connectivity index (χ1) is 16.8. The number of aryl methyl sites for hydroxylation is 1. The number of hydrogen-bond donors (Lipinski definition) is 1. The van der Waals surface area contributed by atoms with Gasteiger partial charge in [-0.3, -0.25) is 4.79 Å². The standard InChI is InChI=1S/C24H21Cl2N3O2S2.CH4O/c1-13(2)32-23-22(16-8-9-18(25)19(26)11-16)27-24(33-23)29-20(12-30)21(14(3)28-29)15-6-5-7-17(10-15)31-4;1-2/h5-13H,1-4H3;2H,1H3. The number of carbonyl (C=O) groups is 1. The molecule has 0 saturated heterocycles. The Bertz CT molecular complexity index is 1340. The zero-order valence-electron chi connectivity index (χ0n) is 19.9. The van der Waals surface area contributed by atoms with Crippen LogP contribution in [0, 0.1) is 6.92 Å². The molecule has 10 heteroatoms. The normalized spacial score (nSPS) is 10.8. The maximum atomic E-state index is 12.2. The van der Waals surface area contributed by atoms with Crippen molar-refractivity contribution in [2.24, 2.45) is 0 Å². The Morgan fingerprint density at radius 1 is 1.11 bits per heavy atom. The third-order valence-electron chi connectivity index (χ3n) is 4.87. The second kappa shape index (κ2) is 12.1. The number of thiazole rings is 1. The molecule has 0 unspecified atom stereocenters. The fraction of sp³-hybridized carbons (Fsp3) is 0.240. The minimum Gasteiger partial charge on any atom is -0.497 e. The van der Waals surface area contributed by atoms with Gasteiger partial charge in [0.1, 0.15) is 11.4 Å². The van der Waals surface area contributed by atoms with Crippen molar-refractivity contribution >= 4 is 52.6 Å². The predicted octanol–water partition coefficient (Wildman–Crippen LogP) is 7.21. The molecule has 4 rings (SSSR count). The summed E-state index contributed by atoms with van der Waals surface area (Å²) in [5.41, 5.74) is 4.44. The number of benzene rings is 2. The number of thioether (sulfide) groups is 1. The van der Waals surface area contributed by atoms with Gasteiger partial charge in [-0.05, 0) is 36.8 Å². The van der Waals surface area contributed by atoms with Crippen LogP contribution in [0.15, 0.2) is 46.7 Å². The van der Waals surface area contributed by atoms with Gasteiger partial charge in [0.05, 0.1) is 32.8 Å². The minimum atomic E-state index is 0.345. The summed E-state index contributed by atoms with van der Waals surface area (Å²) in [5, 5.41) is 13.6. The summed E-state index contributed by atoms with van der Waals surface area (Å²) in [6, 6.07) is 13.1. The Morgan fingerprint density at radius 3 is 2.49 bits per heavy atom. The predicted molar refractivity (Wildman–Crippen MR) is 146 cm³/mol. The molecule has 2 aromatic carbocycles. The van der Waals surface area contributed by atoms with Gasteiger partial charge in [0.15, 0.2) is 6.29 Å². The lowest BCUT2D eigenvalue weighted by atomic mass is 10.0. The molecular weight excluding hydrogens is 525 g/mol. The highest BCUT2D eigenvalue weighted by Gasteiger charge is 2.23. The van der Waals surface area contributed by atoms with E-state index < -0.39 is 0 Å². The van der Waals surface area contributed by atoms with Crippen molar-refractivity contribution < 1.29 is 14.6 Å². The maximum absolute atomic E-state index is 12.2. The number of aldehydes is 1. The van der Waals surface area contributed by atoms with E-state index >= 15 is 0 Å². The van der Waals surface area contributed by atoms with E-state index in [1.807, 2.05) is 43.3 Å². The molecule has 0 saturated carbocycles. The van der Waals surface area contributed by atoms with Crippen molar-refractivity contribution in [3.05, 3.63) is 63.9 Å². The van der Waals surface area contributed by atoms with Crippen LogP contribution in [0.1, 0.15) is 30.0 Å². The first kappa shape index (κ1) is 27.2. The van der Waals surface area contributed by atoms with E-state index in [0.717, 1.165) is 45.7 Å². The molecule has 35 heavy (non-hydrogen) atoms. The molecule has 0 bridgehead atoms. The highest BCUT2D eigenvalue weighted by molar-refractivity contribution is 8.01. The number of ether oxygens (including phenoxy) is 1. The van der Waals surface area contributed by atoms with E-state index in [9.17, 15) is 4.79 Å². The van der Waals surface area contributed by atoms with Gasteiger partial charge in [0.2, 0.25) is 5.13 Å². The summed E-state index contributed by atoms with van der Waals surface area (Å²) >= 11 is 15.6. The molecule has 0 radical (unpaired) electrons. The number of methoxy groups -OCH3 is 1. The fourth-order valence-electron chi connectivity index (χ4n) is 3.44. The fourth-order valence-corrected chi connectivity index (χ4v) is 6.22. The first-order valence-corrected chi connectivity index (χ1v) is 13.0. The van der Waals surface area contributed by atoms with Crippen molar-refractivity contribution in [1.82, 2.24) is 14.8 Å². The molecule has 0 spiro atoms. The molecule has 0 aliphatic heterocycles. The number of aromatic nitrogens is 3. The quantitative estimate of drug-likeness (QED) is 0.194. The van der Waals surface area contributed by atoms with Gasteiger partial charge in [-0.1, -0.05) is 66.6 Å². The lowest BCUT2D eigenvalue weighted by molar-refractivity contribution is 0.111. The number of aliphatic hydroxyl groups is 1. The molecule has 2 aromatic heterocycles. The number of halogens is 2. The Hall–Kier alpha value is -2.36. The highest BCUT2D eigenvalue weighted by atomic mass is 35.5. The molecule has 0 atom stereocenters. The topological polar surface area (TPSA) is 77.2 Å². The van der Waals surface area contributed by atoms with Crippen LogP contribution in [0.25, 0.3) is 27.5 Å². The number of aliphatic hydroxyl groups excluding tert-OH is 1. The van der Waals surface area contributed by atoms with Crippen molar-refractivity contribution in [2.45, 2.75) is 30.2 Å². The SMILES string of the molecule is CO.COc1cccc(-c2c(C)nn(-c3nc(-c4ccc(Cl)c(Cl)c4)c(SC(C)C)s3)c2C=O)c1. The lowest BCUT2D eigenvalue weighted by Gasteiger charge is -2.05. The summed E-state index contributed by atoms with van der Waals surface area (Å²) in [6.07, 6.45) is 0.824. The Morgan fingerprint density at radius 2 is 1.86 bits per heavy atom. The summed E-state index contributed by atoms with van der Waals surface area (Å²) < 4.78 is 7.99. The number of carbonyl (C=O) groups excluding carboxylic acids is 1. The van der Waals surface area contributed by atoms with Crippen LogP contribution in [0.4, 0.5) is 0 Å². The second-order valence-electron chi connectivity index (χ2n) is 7.54. The molecule has 4 aromatic rings. The average molecular weight is 551 g/mol. The smallest absolute Gasteiger partial charge is 0.212 e. The van der Waals surface area contributed by atoms with Crippen molar-refractivity contribution in [1.29, 1.82) is 0 Å². The molecule has 2 heterocycles. The molecule has 0 aliphatic rings. The van der Waals surface area contributed by atoms with Crippen LogP contribution in [0.3, 0.4) is 0 Å². The van der Waals surface area contributed by atoms with Gasteiger partial charge in [-0.25, -0.2) is 9.67 Å². The molecule has 1 N–H and O–H groups in total. The Labute approximate surface area is 222 Å².